The van der Waals surface area contributed by atoms with Gasteiger partial charge in [-0.05, 0) is 54.8 Å². The average molecular weight is 340 g/mol. The highest BCUT2D eigenvalue weighted by atomic mass is 16.6. The predicted molar refractivity (Wildman–Crippen MR) is 99.0 cm³/mol. The molecule has 132 valence electrons. The molecule has 2 aromatic carbocycles. The summed E-state index contributed by atoms with van der Waals surface area (Å²) >= 11 is 0. The maximum atomic E-state index is 12.4. The Bertz CT molecular complexity index is 772. The van der Waals surface area contributed by atoms with Crippen LogP contribution in [0, 0.1) is 6.92 Å². The summed E-state index contributed by atoms with van der Waals surface area (Å²) in [6.45, 7) is 3.80. The van der Waals surface area contributed by atoms with Crippen LogP contribution in [0.1, 0.15) is 21.5 Å². The highest BCUT2D eigenvalue weighted by Crippen LogP contribution is 2.33. The number of hydrogen-bond donors (Lipinski definition) is 1. The third-order valence-electron chi connectivity index (χ3n) is 4.31. The van der Waals surface area contributed by atoms with E-state index in [1.165, 1.54) is 0 Å². The van der Waals surface area contributed by atoms with Gasteiger partial charge in [-0.15, -0.1) is 0 Å². The molecule has 1 N–H and O–H groups in total. The van der Waals surface area contributed by atoms with Crippen molar-refractivity contribution in [1.29, 1.82) is 0 Å². The monoisotopic (exact) mass is 340 g/mol. The van der Waals surface area contributed by atoms with E-state index in [1.54, 1.807) is 0 Å². The van der Waals surface area contributed by atoms with Crippen molar-refractivity contribution in [2.45, 2.75) is 13.3 Å². The van der Waals surface area contributed by atoms with Crippen molar-refractivity contribution in [2.75, 3.05) is 38.8 Å². The first-order valence-electron chi connectivity index (χ1n) is 8.49. The number of ether oxygens (including phenoxy) is 2. The van der Waals surface area contributed by atoms with Crippen LogP contribution in [0.15, 0.2) is 36.4 Å². The van der Waals surface area contributed by atoms with Crippen LogP contribution in [-0.4, -0.2) is 39.8 Å². The lowest BCUT2D eigenvalue weighted by Crippen LogP contribution is -2.26. The number of rotatable bonds is 5. The van der Waals surface area contributed by atoms with E-state index in [0.29, 0.717) is 25.3 Å². The van der Waals surface area contributed by atoms with Gasteiger partial charge in [-0.1, -0.05) is 6.07 Å². The zero-order valence-electron chi connectivity index (χ0n) is 15.0. The zero-order valence-corrected chi connectivity index (χ0v) is 15.0. The van der Waals surface area contributed by atoms with Gasteiger partial charge in [-0.25, -0.2) is 0 Å². The summed E-state index contributed by atoms with van der Waals surface area (Å²) in [5.74, 6) is 1.53. The van der Waals surface area contributed by atoms with E-state index in [2.05, 4.69) is 12.2 Å². The summed E-state index contributed by atoms with van der Waals surface area (Å²) in [6, 6.07) is 11.6. The lowest BCUT2D eigenvalue weighted by Gasteiger charge is -2.20. The fraction of sp³-hybridized carbons (Fsp3) is 0.350. The van der Waals surface area contributed by atoms with E-state index >= 15 is 0 Å². The Hall–Kier alpha value is -2.69. The number of carbonyl (C=O) groups is 1. The summed E-state index contributed by atoms with van der Waals surface area (Å²) in [4.78, 5) is 14.3. The minimum atomic E-state index is -0.0566. The van der Waals surface area contributed by atoms with E-state index in [0.717, 1.165) is 34.7 Å². The number of carbonyl (C=O) groups excluding carboxylic acids is 1. The highest BCUT2D eigenvalue weighted by molar-refractivity contribution is 5.95. The van der Waals surface area contributed by atoms with Gasteiger partial charge in [0.15, 0.2) is 11.5 Å². The number of anilines is 1. The molecule has 5 nitrogen and oxygen atoms in total. The number of benzene rings is 2. The minimum absolute atomic E-state index is 0.0566. The molecule has 0 spiro atoms. The molecule has 0 atom stereocenters. The molecule has 0 fully saturated rings. The van der Waals surface area contributed by atoms with Gasteiger partial charge in [-0.3, -0.25) is 4.79 Å². The molecule has 3 rings (SSSR count). The van der Waals surface area contributed by atoms with Crippen molar-refractivity contribution in [3.8, 4) is 11.5 Å². The topological polar surface area (TPSA) is 50.8 Å². The van der Waals surface area contributed by atoms with Crippen molar-refractivity contribution < 1.29 is 14.3 Å². The van der Waals surface area contributed by atoms with Gasteiger partial charge in [0.25, 0.3) is 5.91 Å². The first kappa shape index (κ1) is 17.1. The Morgan fingerprint density at radius 2 is 1.84 bits per heavy atom. The molecule has 2 aromatic rings. The lowest BCUT2D eigenvalue weighted by atomic mass is 10.0. The number of fused-ring (bicyclic) bond motifs is 1. The Kier molecular flexibility index (Phi) is 5.12. The zero-order chi connectivity index (χ0) is 17.8. The molecule has 0 unspecified atom stereocenters. The third kappa shape index (κ3) is 4.05. The molecule has 25 heavy (non-hydrogen) atoms. The Balaban J connectivity index is 1.61. The van der Waals surface area contributed by atoms with Crippen LogP contribution in [0.5, 0.6) is 11.5 Å². The van der Waals surface area contributed by atoms with Crippen LogP contribution < -0.4 is 19.7 Å². The second-order valence-electron chi connectivity index (χ2n) is 6.37. The maximum absolute atomic E-state index is 12.4. The van der Waals surface area contributed by atoms with E-state index in [1.807, 2.05) is 55.4 Å². The summed E-state index contributed by atoms with van der Waals surface area (Å²) in [6.07, 6.45) is 0.752. The maximum Gasteiger partial charge on any atom is 0.251 e. The number of aryl methyl sites for hydroxylation is 1. The largest absolute Gasteiger partial charge is 0.486 e. The first-order chi connectivity index (χ1) is 12.0. The highest BCUT2D eigenvalue weighted by Gasteiger charge is 2.14. The van der Waals surface area contributed by atoms with Gasteiger partial charge in [-0.2, -0.15) is 0 Å². The van der Waals surface area contributed by atoms with Crippen LogP contribution in [0.4, 0.5) is 5.69 Å². The number of hydrogen-bond acceptors (Lipinski definition) is 4. The van der Waals surface area contributed by atoms with Crippen LogP contribution >= 0.6 is 0 Å². The van der Waals surface area contributed by atoms with Crippen LogP contribution in [0.3, 0.4) is 0 Å². The molecular formula is C20H24N2O3. The van der Waals surface area contributed by atoms with Gasteiger partial charge in [0.05, 0.1) is 0 Å². The third-order valence-corrected chi connectivity index (χ3v) is 4.31. The summed E-state index contributed by atoms with van der Waals surface area (Å²) in [5.41, 5.74) is 3.99. The van der Waals surface area contributed by atoms with Crippen LogP contribution in [-0.2, 0) is 6.42 Å². The van der Waals surface area contributed by atoms with Crippen LogP contribution in [0.2, 0.25) is 0 Å². The quantitative estimate of drug-likeness (QED) is 0.909. The molecule has 0 radical (unpaired) electrons. The average Bonchev–Trinajstić information content (AvgIpc) is 2.62. The number of amides is 1. The fourth-order valence-electron chi connectivity index (χ4n) is 2.84. The molecule has 0 aliphatic carbocycles. The first-order valence-corrected chi connectivity index (χ1v) is 8.49. The molecule has 1 heterocycles. The van der Waals surface area contributed by atoms with E-state index in [-0.39, 0.29) is 5.91 Å². The number of nitrogens with zero attached hydrogens (tertiary/aromatic N) is 1. The Morgan fingerprint density at radius 1 is 1.12 bits per heavy atom. The Labute approximate surface area is 148 Å². The second-order valence-corrected chi connectivity index (χ2v) is 6.37. The predicted octanol–water partition coefficient (Wildman–Crippen LogP) is 2.80. The second kappa shape index (κ2) is 7.47. The Morgan fingerprint density at radius 3 is 2.56 bits per heavy atom. The molecule has 1 amide bonds. The molecule has 1 aliphatic rings. The molecule has 0 aromatic heterocycles. The van der Waals surface area contributed by atoms with Crippen molar-refractivity contribution >= 4 is 11.6 Å². The van der Waals surface area contributed by atoms with Crippen molar-refractivity contribution in [2.24, 2.45) is 0 Å². The van der Waals surface area contributed by atoms with E-state index in [4.69, 9.17) is 9.47 Å². The van der Waals surface area contributed by atoms with Gasteiger partial charge in [0.2, 0.25) is 0 Å². The summed E-state index contributed by atoms with van der Waals surface area (Å²) in [5, 5.41) is 2.99. The standard InChI is InChI=1S/C20H24N2O3/c1-14-11-18-19(25-10-9-24-18)13-15(14)7-8-21-20(23)16-5-4-6-17(12-16)22(2)3/h4-6,11-13H,7-10H2,1-3H3,(H,21,23). The lowest BCUT2D eigenvalue weighted by molar-refractivity contribution is 0.0954. The molecule has 0 bridgehead atoms. The minimum Gasteiger partial charge on any atom is -0.486 e. The van der Waals surface area contributed by atoms with E-state index < -0.39 is 0 Å². The molecule has 5 heteroatoms. The molecular weight excluding hydrogens is 316 g/mol. The normalized spacial score (nSPS) is 12.6. The number of nitrogens with one attached hydrogen (secondary N) is 1. The van der Waals surface area contributed by atoms with Crippen molar-refractivity contribution in [1.82, 2.24) is 5.32 Å². The van der Waals surface area contributed by atoms with Crippen molar-refractivity contribution in [3.05, 3.63) is 53.1 Å². The SMILES string of the molecule is Cc1cc2c(cc1CCNC(=O)c1cccc(N(C)C)c1)OCCO2. The van der Waals surface area contributed by atoms with E-state index in [9.17, 15) is 4.79 Å². The van der Waals surface area contributed by atoms with Gasteiger partial charge in [0.1, 0.15) is 13.2 Å². The smallest absolute Gasteiger partial charge is 0.251 e. The molecule has 0 saturated heterocycles. The van der Waals surface area contributed by atoms with Gasteiger partial charge in [0, 0.05) is 31.9 Å². The summed E-state index contributed by atoms with van der Waals surface area (Å²) < 4.78 is 11.2. The molecule has 1 aliphatic heterocycles. The molecule has 0 saturated carbocycles. The van der Waals surface area contributed by atoms with Crippen LogP contribution in [0.25, 0.3) is 0 Å². The van der Waals surface area contributed by atoms with Gasteiger partial charge >= 0.3 is 0 Å². The van der Waals surface area contributed by atoms with Crippen molar-refractivity contribution in [3.63, 3.8) is 0 Å². The summed E-state index contributed by atoms with van der Waals surface area (Å²) in [7, 11) is 3.92. The van der Waals surface area contributed by atoms with Gasteiger partial charge < -0.3 is 19.7 Å². The fourth-order valence-corrected chi connectivity index (χ4v) is 2.84.